The zero-order chi connectivity index (χ0) is 13.3. The van der Waals surface area contributed by atoms with Gasteiger partial charge in [-0.2, -0.15) is 0 Å². The molecule has 18 heavy (non-hydrogen) atoms. The average Bonchev–Trinajstić information content (AvgIpc) is 2.71. The van der Waals surface area contributed by atoms with Gasteiger partial charge < -0.3 is 14.6 Å². The molecular formula is C12H14N4O2. The summed E-state index contributed by atoms with van der Waals surface area (Å²) in [6, 6.07) is 1.61. The van der Waals surface area contributed by atoms with E-state index in [-0.39, 0.29) is 5.69 Å². The SMILES string of the molecule is CN(C)c1ncc(-c2cc(C(=O)O)n(C)c2)cn1. The lowest BCUT2D eigenvalue weighted by atomic mass is 10.2. The van der Waals surface area contributed by atoms with Crippen molar-refractivity contribution in [3.63, 3.8) is 0 Å². The quantitative estimate of drug-likeness (QED) is 0.882. The number of hydrogen-bond donors (Lipinski definition) is 1. The number of hydrogen-bond acceptors (Lipinski definition) is 4. The fourth-order valence-electron chi connectivity index (χ4n) is 1.64. The maximum absolute atomic E-state index is 11.0. The van der Waals surface area contributed by atoms with E-state index in [0.717, 1.165) is 11.1 Å². The van der Waals surface area contributed by atoms with Crippen LogP contribution < -0.4 is 4.90 Å². The summed E-state index contributed by atoms with van der Waals surface area (Å²) in [4.78, 5) is 21.1. The second-order valence-corrected chi connectivity index (χ2v) is 4.20. The van der Waals surface area contributed by atoms with Gasteiger partial charge in [0, 0.05) is 50.9 Å². The maximum Gasteiger partial charge on any atom is 0.352 e. The summed E-state index contributed by atoms with van der Waals surface area (Å²) in [5.74, 6) is -0.331. The second-order valence-electron chi connectivity index (χ2n) is 4.20. The first kappa shape index (κ1) is 12.1. The number of carboxylic acids is 1. The highest BCUT2D eigenvalue weighted by atomic mass is 16.4. The first-order chi connectivity index (χ1) is 8.49. The molecule has 0 unspecified atom stereocenters. The Morgan fingerprint density at radius 1 is 1.28 bits per heavy atom. The molecule has 6 heteroatoms. The topological polar surface area (TPSA) is 71.2 Å². The van der Waals surface area contributed by atoms with Crippen LogP contribution in [-0.4, -0.2) is 39.7 Å². The van der Waals surface area contributed by atoms with E-state index in [9.17, 15) is 4.79 Å². The zero-order valence-corrected chi connectivity index (χ0v) is 10.5. The molecule has 1 N–H and O–H groups in total. The van der Waals surface area contributed by atoms with Gasteiger partial charge in [0.25, 0.3) is 0 Å². The van der Waals surface area contributed by atoms with Gasteiger partial charge in [-0.15, -0.1) is 0 Å². The maximum atomic E-state index is 11.0. The summed E-state index contributed by atoms with van der Waals surface area (Å²) in [7, 11) is 5.42. The number of rotatable bonds is 3. The minimum atomic E-state index is -0.949. The minimum absolute atomic E-state index is 0.238. The molecule has 94 valence electrons. The van der Waals surface area contributed by atoms with E-state index in [1.54, 1.807) is 41.2 Å². The molecule has 0 saturated carbocycles. The van der Waals surface area contributed by atoms with Crippen LogP contribution in [0.25, 0.3) is 11.1 Å². The molecule has 0 spiro atoms. The first-order valence-electron chi connectivity index (χ1n) is 5.38. The van der Waals surface area contributed by atoms with E-state index in [0.29, 0.717) is 5.95 Å². The van der Waals surface area contributed by atoms with Crippen LogP contribution in [0.3, 0.4) is 0 Å². The molecule has 6 nitrogen and oxygen atoms in total. The van der Waals surface area contributed by atoms with Gasteiger partial charge in [-0.05, 0) is 6.07 Å². The Bertz CT molecular complexity index is 572. The Morgan fingerprint density at radius 3 is 2.33 bits per heavy atom. The highest BCUT2D eigenvalue weighted by Crippen LogP contribution is 2.21. The van der Waals surface area contributed by atoms with Gasteiger partial charge in [-0.3, -0.25) is 0 Å². The molecule has 0 bridgehead atoms. The predicted octanol–water partition coefficient (Wildman–Crippen LogP) is 1.25. The van der Waals surface area contributed by atoms with Crippen LogP contribution in [0, 0.1) is 0 Å². The van der Waals surface area contributed by atoms with Gasteiger partial charge in [0.2, 0.25) is 5.95 Å². The van der Waals surface area contributed by atoms with Gasteiger partial charge >= 0.3 is 5.97 Å². The number of carboxylic acid groups (broad SMARTS) is 1. The predicted molar refractivity (Wildman–Crippen MR) is 67.7 cm³/mol. The molecule has 0 amide bonds. The van der Waals surface area contributed by atoms with E-state index in [1.165, 1.54) is 0 Å². The molecule has 0 aliphatic heterocycles. The third-order valence-electron chi connectivity index (χ3n) is 2.60. The van der Waals surface area contributed by atoms with E-state index in [1.807, 2.05) is 14.1 Å². The molecule has 2 aromatic rings. The van der Waals surface area contributed by atoms with Crippen molar-refractivity contribution in [1.29, 1.82) is 0 Å². The molecular weight excluding hydrogens is 232 g/mol. The molecule has 0 saturated heterocycles. The van der Waals surface area contributed by atoms with Crippen molar-refractivity contribution >= 4 is 11.9 Å². The largest absolute Gasteiger partial charge is 0.477 e. The summed E-state index contributed by atoms with van der Waals surface area (Å²) >= 11 is 0. The van der Waals surface area contributed by atoms with Gasteiger partial charge in [0.1, 0.15) is 5.69 Å². The smallest absolute Gasteiger partial charge is 0.352 e. The monoisotopic (exact) mass is 246 g/mol. The Kier molecular flexibility index (Phi) is 3.01. The summed E-state index contributed by atoms with van der Waals surface area (Å²) in [5.41, 5.74) is 1.82. The third-order valence-corrected chi connectivity index (χ3v) is 2.60. The van der Waals surface area contributed by atoms with E-state index in [2.05, 4.69) is 9.97 Å². The molecule has 0 atom stereocenters. The van der Waals surface area contributed by atoms with Crippen LogP contribution in [0.15, 0.2) is 24.7 Å². The van der Waals surface area contributed by atoms with Crippen LogP contribution in [0.2, 0.25) is 0 Å². The van der Waals surface area contributed by atoms with E-state index >= 15 is 0 Å². The fourth-order valence-corrected chi connectivity index (χ4v) is 1.64. The van der Waals surface area contributed by atoms with Crippen LogP contribution in [0.1, 0.15) is 10.5 Å². The molecule has 0 aliphatic carbocycles. The molecule has 2 heterocycles. The number of aromatic carboxylic acids is 1. The van der Waals surface area contributed by atoms with Crippen molar-refractivity contribution in [3.05, 3.63) is 30.4 Å². The van der Waals surface area contributed by atoms with Crippen LogP contribution >= 0.6 is 0 Å². The van der Waals surface area contributed by atoms with Gasteiger partial charge in [-0.25, -0.2) is 14.8 Å². The fraction of sp³-hybridized carbons (Fsp3) is 0.250. The Balaban J connectivity index is 2.37. The van der Waals surface area contributed by atoms with Crippen molar-refractivity contribution in [1.82, 2.24) is 14.5 Å². The van der Waals surface area contributed by atoms with Crippen LogP contribution in [0.5, 0.6) is 0 Å². The highest BCUT2D eigenvalue weighted by Gasteiger charge is 2.11. The van der Waals surface area contributed by atoms with Gasteiger partial charge in [-0.1, -0.05) is 0 Å². The normalized spacial score (nSPS) is 10.4. The average molecular weight is 246 g/mol. The first-order valence-corrected chi connectivity index (χ1v) is 5.38. The van der Waals surface area contributed by atoms with Gasteiger partial charge in [0.05, 0.1) is 0 Å². The lowest BCUT2D eigenvalue weighted by molar-refractivity contribution is 0.0686. The Hall–Kier alpha value is -2.37. The zero-order valence-electron chi connectivity index (χ0n) is 10.5. The third kappa shape index (κ3) is 2.17. The Labute approximate surface area is 105 Å². The lowest BCUT2D eigenvalue weighted by Crippen LogP contribution is -2.12. The van der Waals surface area contributed by atoms with E-state index in [4.69, 9.17) is 5.11 Å². The van der Waals surface area contributed by atoms with Crippen molar-refractivity contribution in [3.8, 4) is 11.1 Å². The van der Waals surface area contributed by atoms with E-state index < -0.39 is 5.97 Å². The summed E-state index contributed by atoms with van der Waals surface area (Å²) in [5, 5.41) is 8.98. The summed E-state index contributed by atoms with van der Waals surface area (Å²) < 4.78 is 1.57. The Morgan fingerprint density at radius 2 is 1.89 bits per heavy atom. The van der Waals surface area contributed by atoms with Crippen molar-refractivity contribution in [2.75, 3.05) is 19.0 Å². The summed E-state index contributed by atoms with van der Waals surface area (Å²) in [6.07, 6.45) is 5.12. The van der Waals surface area contributed by atoms with Gasteiger partial charge in [0.15, 0.2) is 0 Å². The highest BCUT2D eigenvalue weighted by molar-refractivity contribution is 5.88. The molecule has 0 fully saturated rings. The van der Waals surface area contributed by atoms with Crippen LogP contribution in [-0.2, 0) is 7.05 Å². The molecule has 2 rings (SSSR count). The standard InChI is InChI=1S/C12H14N4O2/c1-15(2)12-13-5-9(6-14-12)8-4-10(11(17)18)16(3)7-8/h4-7H,1-3H3,(H,17,18). The number of carbonyl (C=O) groups is 1. The van der Waals surface area contributed by atoms with Crippen LogP contribution in [0.4, 0.5) is 5.95 Å². The number of anilines is 1. The molecule has 0 aromatic carbocycles. The number of aromatic nitrogens is 3. The molecule has 0 aliphatic rings. The number of nitrogens with zero attached hydrogens (tertiary/aromatic N) is 4. The lowest BCUT2D eigenvalue weighted by Gasteiger charge is -2.09. The number of aryl methyl sites for hydroxylation is 1. The van der Waals surface area contributed by atoms with Crippen molar-refractivity contribution < 1.29 is 9.90 Å². The second kappa shape index (κ2) is 4.48. The summed E-state index contributed by atoms with van der Waals surface area (Å²) in [6.45, 7) is 0. The molecule has 2 aromatic heterocycles. The van der Waals surface area contributed by atoms with Crippen molar-refractivity contribution in [2.45, 2.75) is 0 Å². The van der Waals surface area contributed by atoms with Crippen molar-refractivity contribution in [2.24, 2.45) is 7.05 Å². The molecule has 0 radical (unpaired) electrons. The minimum Gasteiger partial charge on any atom is -0.477 e.